The molecular weight excluding hydrogens is 481 g/mol. The average molecular weight is 497 g/mol. The van der Waals surface area contributed by atoms with Gasteiger partial charge in [0.25, 0.3) is 5.91 Å². The Kier molecular flexibility index (Phi) is 5.52. The highest BCUT2D eigenvalue weighted by Crippen LogP contribution is 2.22. The number of carbonyl (C=O) groups is 1. The Balaban J connectivity index is 1.39. The Labute approximate surface area is 180 Å². The monoisotopic (exact) mass is 497 g/mol. The Morgan fingerprint density at radius 1 is 0.966 bits per heavy atom. The predicted molar refractivity (Wildman–Crippen MR) is 118 cm³/mol. The third-order valence-corrected chi connectivity index (χ3v) is 4.74. The number of rotatable bonds is 5. The van der Waals surface area contributed by atoms with E-state index in [1.54, 1.807) is 53.2 Å². The van der Waals surface area contributed by atoms with Crippen LogP contribution in [-0.4, -0.2) is 25.9 Å². The molecule has 2 aromatic heterocycles. The highest BCUT2D eigenvalue weighted by molar-refractivity contribution is 14.1. The number of aryl methyl sites for hydroxylation is 1. The second-order valence-electron chi connectivity index (χ2n) is 6.22. The molecular formula is C21H16IN5O2. The van der Waals surface area contributed by atoms with Crippen LogP contribution in [0.3, 0.4) is 0 Å². The van der Waals surface area contributed by atoms with Gasteiger partial charge in [-0.2, -0.15) is 5.10 Å². The standard InChI is InChI=1S/C21H16IN5O2/c1-14-12-13-27(26-14)19-10-11-20(25-24-19)29-18-8-6-17(7-9-18)23-21(28)15-2-4-16(22)5-3-15/h2-13H,1H3,(H,23,28). The molecule has 0 saturated heterocycles. The minimum Gasteiger partial charge on any atom is -0.438 e. The molecule has 2 aromatic carbocycles. The minimum atomic E-state index is -0.162. The zero-order valence-corrected chi connectivity index (χ0v) is 17.6. The lowest BCUT2D eigenvalue weighted by Crippen LogP contribution is -2.11. The van der Waals surface area contributed by atoms with E-state index < -0.39 is 0 Å². The number of benzene rings is 2. The molecule has 0 radical (unpaired) electrons. The van der Waals surface area contributed by atoms with Crippen molar-refractivity contribution in [3.8, 4) is 17.4 Å². The molecule has 0 fully saturated rings. The predicted octanol–water partition coefficient (Wildman–Crippen LogP) is 4.62. The van der Waals surface area contributed by atoms with Crippen LogP contribution in [0, 0.1) is 10.5 Å². The highest BCUT2D eigenvalue weighted by atomic mass is 127. The van der Waals surface area contributed by atoms with Crippen LogP contribution in [0.4, 0.5) is 5.69 Å². The molecule has 8 heteroatoms. The Morgan fingerprint density at radius 3 is 2.34 bits per heavy atom. The number of hydrogen-bond acceptors (Lipinski definition) is 5. The van der Waals surface area contributed by atoms with E-state index in [1.165, 1.54) is 0 Å². The van der Waals surface area contributed by atoms with Crippen molar-refractivity contribution in [3.05, 3.63) is 87.8 Å². The third kappa shape index (κ3) is 4.77. The summed E-state index contributed by atoms with van der Waals surface area (Å²) in [5.74, 6) is 1.41. The van der Waals surface area contributed by atoms with Gasteiger partial charge in [0, 0.05) is 27.1 Å². The van der Waals surface area contributed by atoms with Crippen LogP contribution in [0.1, 0.15) is 16.1 Å². The van der Waals surface area contributed by atoms with Crippen molar-refractivity contribution in [3.63, 3.8) is 0 Å². The second-order valence-corrected chi connectivity index (χ2v) is 7.46. The molecule has 144 valence electrons. The van der Waals surface area contributed by atoms with Gasteiger partial charge >= 0.3 is 0 Å². The maximum atomic E-state index is 12.3. The van der Waals surface area contributed by atoms with Crippen LogP contribution in [0.2, 0.25) is 0 Å². The fourth-order valence-electron chi connectivity index (χ4n) is 2.56. The van der Waals surface area contributed by atoms with Crippen molar-refractivity contribution >= 4 is 34.2 Å². The molecule has 7 nitrogen and oxygen atoms in total. The second kappa shape index (κ2) is 8.39. The lowest BCUT2D eigenvalue weighted by Gasteiger charge is -2.08. The summed E-state index contributed by atoms with van der Waals surface area (Å²) >= 11 is 2.20. The van der Waals surface area contributed by atoms with Gasteiger partial charge < -0.3 is 10.1 Å². The molecule has 0 aliphatic heterocycles. The van der Waals surface area contributed by atoms with E-state index >= 15 is 0 Å². The molecule has 0 bridgehead atoms. The number of nitrogens with one attached hydrogen (secondary N) is 1. The average Bonchev–Trinajstić information content (AvgIpc) is 3.17. The van der Waals surface area contributed by atoms with Crippen LogP contribution in [-0.2, 0) is 0 Å². The molecule has 0 atom stereocenters. The van der Waals surface area contributed by atoms with E-state index in [4.69, 9.17) is 4.74 Å². The van der Waals surface area contributed by atoms with Crippen molar-refractivity contribution < 1.29 is 9.53 Å². The van der Waals surface area contributed by atoms with Crippen LogP contribution >= 0.6 is 22.6 Å². The third-order valence-electron chi connectivity index (χ3n) is 4.02. The van der Waals surface area contributed by atoms with Crippen LogP contribution < -0.4 is 10.1 Å². The first-order valence-electron chi connectivity index (χ1n) is 8.78. The molecule has 29 heavy (non-hydrogen) atoms. The maximum absolute atomic E-state index is 12.3. The molecule has 2 heterocycles. The maximum Gasteiger partial charge on any atom is 0.255 e. The van der Waals surface area contributed by atoms with Crippen LogP contribution in [0.15, 0.2) is 72.9 Å². The molecule has 1 N–H and O–H groups in total. The lowest BCUT2D eigenvalue weighted by atomic mass is 10.2. The zero-order valence-electron chi connectivity index (χ0n) is 15.4. The fourth-order valence-corrected chi connectivity index (χ4v) is 2.92. The number of hydrogen-bond donors (Lipinski definition) is 1. The SMILES string of the molecule is Cc1ccn(-c2ccc(Oc3ccc(NC(=O)c4ccc(I)cc4)cc3)nn2)n1. The molecule has 0 aliphatic carbocycles. The molecule has 0 aliphatic rings. The van der Waals surface area contributed by atoms with Gasteiger partial charge in [-0.25, -0.2) is 4.68 Å². The minimum absolute atomic E-state index is 0.162. The van der Waals surface area contributed by atoms with E-state index in [0.29, 0.717) is 28.7 Å². The number of aromatic nitrogens is 4. The molecule has 1 amide bonds. The van der Waals surface area contributed by atoms with Crippen molar-refractivity contribution in [1.29, 1.82) is 0 Å². The topological polar surface area (TPSA) is 81.9 Å². The first-order chi connectivity index (χ1) is 14.1. The number of halogens is 1. The highest BCUT2D eigenvalue weighted by Gasteiger charge is 2.07. The van der Waals surface area contributed by atoms with Gasteiger partial charge in [0.05, 0.1) is 5.69 Å². The molecule has 0 unspecified atom stereocenters. The van der Waals surface area contributed by atoms with Gasteiger partial charge in [-0.3, -0.25) is 4.79 Å². The number of anilines is 1. The Morgan fingerprint density at radius 2 is 1.72 bits per heavy atom. The van der Waals surface area contributed by atoms with Gasteiger partial charge in [-0.15, -0.1) is 10.2 Å². The van der Waals surface area contributed by atoms with Crippen molar-refractivity contribution in [2.24, 2.45) is 0 Å². The van der Waals surface area contributed by atoms with E-state index in [0.717, 1.165) is 9.26 Å². The number of ether oxygens (including phenoxy) is 1. The lowest BCUT2D eigenvalue weighted by molar-refractivity contribution is 0.102. The van der Waals surface area contributed by atoms with Crippen molar-refractivity contribution in [1.82, 2.24) is 20.0 Å². The van der Waals surface area contributed by atoms with Gasteiger partial charge in [-0.05, 0) is 90.2 Å². The summed E-state index contributed by atoms with van der Waals surface area (Å²) in [6.07, 6.45) is 1.82. The molecule has 0 spiro atoms. The van der Waals surface area contributed by atoms with Crippen molar-refractivity contribution in [2.45, 2.75) is 6.92 Å². The first-order valence-corrected chi connectivity index (χ1v) is 9.86. The Hall–Kier alpha value is -3.27. The molecule has 4 rings (SSSR count). The summed E-state index contributed by atoms with van der Waals surface area (Å²) in [4.78, 5) is 12.3. The van der Waals surface area contributed by atoms with Crippen LogP contribution in [0.5, 0.6) is 11.6 Å². The van der Waals surface area contributed by atoms with E-state index in [2.05, 4.69) is 43.2 Å². The van der Waals surface area contributed by atoms with Gasteiger partial charge in [0.15, 0.2) is 5.82 Å². The van der Waals surface area contributed by atoms with Gasteiger partial charge in [0.2, 0.25) is 5.88 Å². The summed E-state index contributed by atoms with van der Waals surface area (Å²) in [5, 5.41) is 15.4. The largest absolute Gasteiger partial charge is 0.438 e. The van der Waals surface area contributed by atoms with E-state index in [1.807, 2.05) is 31.3 Å². The summed E-state index contributed by atoms with van der Waals surface area (Å²) in [6.45, 7) is 1.91. The number of nitrogens with zero attached hydrogens (tertiary/aromatic N) is 4. The summed E-state index contributed by atoms with van der Waals surface area (Å²) < 4.78 is 8.45. The molecule has 0 saturated carbocycles. The first kappa shape index (κ1) is 19.1. The summed E-state index contributed by atoms with van der Waals surface area (Å²) in [5.41, 5.74) is 2.19. The zero-order chi connectivity index (χ0) is 20.2. The number of amides is 1. The number of carbonyl (C=O) groups excluding carboxylic acids is 1. The normalized spacial score (nSPS) is 10.6. The van der Waals surface area contributed by atoms with Gasteiger partial charge in [-0.1, -0.05) is 0 Å². The summed E-state index contributed by atoms with van der Waals surface area (Å²) in [6, 6.07) is 19.8. The summed E-state index contributed by atoms with van der Waals surface area (Å²) in [7, 11) is 0. The Bertz CT molecular complexity index is 1120. The van der Waals surface area contributed by atoms with E-state index in [-0.39, 0.29) is 5.91 Å². The smallest absolute Gasteiger partial charge is 0.255 e. The van der Waals surface area contributed by atoms with E-state index in [9.17, 15) is 4.79 Å². The van der Waals surface area contributed by atoms with Crippen LogP contribution in [0.25, 0.3) is 5.82 Å². The fraction of sp³-hybridized carbons (Fsp3) is 0.0476. The molecule has 4 aromatic rings. The van der Waals surface area contributed by atoms with Gasteiger partial charge in [0.1, 0.15) is 5.75 Å². The quantitative estimate of drug-likeness (QED) is 0.407. The van der Waals surface area contributed by atoms with Crippen molar-refractivity contribution in [2.75, 3.05) is 5.32 Å².